The Hall–Kier alpha value is -1.89. The van der Waals surface area contributed by atoms with Gasteiger partial charge in [0.15, 0.2) is 0 Å². The predicted octanol–water partition coefficient (Wildman–Crippen LogP) is 0.786. The third kappa shape index (κ3) is 4.14. The molecule has 1 fully saturated rings. The van der Waals surface area contributed by atoms with Crippen LogP contribution in [0.25, 0.3) is 0 Å². The van der Waals surface area contributed by atoms with Crippen LogP contribution in [-0.2, 0) is 16.6 Å². The lowest BCUT2D eigenvalue weighted by molar-refractivity contribution is -0.137. The van der Waals surface area contributed by atoms with E-state index < -0.39 is 0 Å². The molecule has 0 spiro atoms. The number of piperidine rings is 1. The normalized spacial score (nSPS) is 17.4. The first-order valence-electron chi connectivity index (χ1n) is 8.53. The lowest BCUT2D eigenvalue weighted by Gasteiger charge is -2.36. The van der Waals surface area contributed by atoms with Crippen LogP contribution in [0.3, 0.4) is 0 Å². The monoisotopic (exact) mass is 335 g/mol. The fourth-order valence-electron chi connectivity index (χ4n) is 3.03. The minimum Gasteiger partial charge on any atom is -0.353 e. The fraction of sp³-hybridized carbons (Fsp3) is 0.706. The van der Waals surface area contributed by atoms with Crippen molar-refractivity contribution in [2.24, 2.45) is 13.0 Å². The number of amides is 2. The van der Waals surface area contributed by atoms with Crippen molar-refractivity contribution in [3.63, 3.8) is 0 Å². The number of rotatable bonds is 5. The molecular formula is C17H29N5O2. The molecule has 1 saturated heterocycles. The number of aryl methyl sites for hydroxylation is 1. The van der Waals surface area contributed by atoms with Crippen molar-refractivity contribution in [3.8, 4) is 0 Å². The number of carbonyl (C=O) groups is 2. The van der Waals surface area contributed by atoms with Gasteiger partial charge in [-0.1, -0.05) is 13.8 Å². The molecule has 2 heterocycles. The second-order valence-corrected chi connectivity index (χ2v) is 7.06. The molecule has 7 nitrogen and oxygen atoms in total. The van der Waals surface area contributed by atoms with E-state index in [1.54, 1.807) is 12.5 Å². The highest BCUT2D eigenvalue weighted by Gasteiger charge is 2.32. The van der Waals surface area contributed by atoms with Gasteiger partial charge in [-0.25, -0.2) is 4.98 Å². The Morgan fingerprint density at radius 1 is 1.29 bits per heavy atom. The number of nitrogens with zero attached hydrogens (tertiary/aromatic N) is 4. The third-order valence-electron chi connectivity index (χ3n) is 4.56. The molecule has 1 aliphatic rings. The van der Waals surface area contributed by atoms with Crippen LogP contribution in [0.15, 0.2) is 12.5 Å². The maximum Gasteiger partial charge on any atom is 0.246 e. The van der Waals surface area contributed by atoms with E-state index >= 15 is 0 Å². The summed E-state index contributed by atoms with van der Waals surface area (Å²) >= 11 is 0. The average Bonchev–Trinajstić information content (AvgIpc) is 2.93. The summed E-state index contributed by atoms with van der Waals surface area (Å²) in [5.74, 6) is 0.172. The molecule has 0 radical (unpaired) electrons. The van der Waals surface area contributed by atoms with Gasteiger partial charge in [0, 0.05) is 32.1 Å². The molecule has 1 atom stereocenters. The quantitative estimate of drug-likeness (QED) is 0.863. The molecule has 0 bridgehead atoms. The summed E-state index contributed by atoms with van der Waals surface area (Å²) in [6.07, 6.45) is 5.07. The van der Waals surface area contributed by atoms with E-state index in [4.69, 9.17) is 0 Å². The highest BCUT2D eigenvalue weighted by Crippen LogP contribution is 2.22. The van der Waals surface area contributed by atoms with Gasteiger partial charge >= 0.3 is 0 Å². The minimum atomic E-state index is -0.334. The summed E-state index contributed by atoms with van der Waals surface area (Å²) in [5.41, 5.74) is 0.889. The molecule has 2 rings (SSSR count). The Morgan fingerprint density at radius 2 is 1.92 bits per heavy atom. The van der Waals surface area contributed by atoms with Crippen molar-refractivity contribution >= 4 is 11.8 Å². The van der Waals surface area contributed by atoms with E-state index in [9.17, 15) is 9.59 Å². The van der Waals surface area contributed by atoms with Crippen LogP contribution < -0.4 is 5.32 Å². The highest BCUT2D eigenvalue weighted by molar-refractivity contribution is 5.83. The van der Waals surface area contributed by atoms with Gasteiger partial charge in [-0.2, -0.15) is 0 Å². The van der Waals surface area contributed by atoms with Crippen LogP contribution >= 0.6 is 0 Å². The van der Waals surface area contributed by atoms with Gasteiger partial charge in [0.25, 0.3) is 0 Å². The molecule has 134 valence electrons. The van der Waals surface area contributed by atoms with Crippen LogP contribution in [0.5, 0.6) is 0 Å². The average molecular weight is 335 g/mol. The number of aromatic nitrogens is 2. The second kappa shape index (κ2) is 7.79. The Labute approximate surface area is 144 Å². The lowest BCUT2D eigenvalue weighted by atomic mass is 10.0. The summed E-state index contributed by atoms with van der Waals surface area (Å²) in [4.78, 5) is 32.7. The molecule has 1 aliphatic heterocycles. The van der Waals surface area contributed by atoms with Crippen LogP contribution in [-0.4, -0.2) is 64.4 Å². The first kappa shape index (κ1) is 18.4. The van der Waals surface area contributed by atoms with E-state index in [1.807, 2.05) is 49.4 Å². The van der Waals surface area contributed by atoms with Crippen LogP contribution in [0, 0.1) is 5.92 Å². The molecule has 1 aromatic rings. The number of hydrogen-bond acceptors (Lipinski definition) is 4. The molecule has 0 aromatic carbocycles. The van der Waals surface area contributed by atoms with Gasteiger partial charge in [0.05, 0.1) is 18.2 Å². The van der Waals surface area contributed by atoms with Gasteiger partial charge in [0.1, 0.15) is 6.04 Å². The van der Waals surface area contributed by atoms with E-state index in [2.05, 4.69) is 10.3 Å². The Kier molecular flexibility index (Phi) is 5.99. The highest BCUT2D eigenvalue weighted by atomic mass is 16.2. The summed E-state index contributed by atoms with van der Waals surface area (Å²) in [6, 6.07) is -0.169. The fourth-order valence-corrected chi connectivity index (χ4v) is 3.03. The largest absolute Gasteiger partial charge is 0.353 e. The number of hydrogen-bond donors (Lipinski definition) is 1. The van der Waals surface area contributed by atoms with E-state index in [0.717, 1.165) is 18.5 Å². The predicted molar refractivity (Wildman–Crippen MR) is 92.2 cm³/mol. The topological polar surface area (TPSA) is 70.5 Å². The SMILES string of the molecule is CC(C)C(=O)NC1CCN(C(=O)C(c2cncn2C)N(C)C)CC1. The zero-order chi connectivity index (χ0) is 17.9. The number of likely N-dealkylation sites (N-methyl/N-ethyl adjacent to an activating group) is 1. The first-order valence-corrected chi connectivity index (χ1v) is 8.53. The van der Waals surface area contributed by atoms with Crippen molar-refractivity contribution in [2.45, 2.75) is 38.8 Å². The zero-order valence-corrected chi connectivity index (χ0v) is 15.3. The Morgan fingerprint density at radius 3 is 2.38 bits per heavy atom. The summed E-state index contributed by atoms with van der Waals surface area (Å²) < 4.78 is 1.89. The Balaban J connectivity index is 1.98. The van der Waals surface area contributed by atoms with Gasteiger partial charge in [-0.3, -0.25) is 14.5 Å². The van der Waals surface area contributed by atoms with Gasteiger partial charge in [0.2, 0.25) is 11.8 Å². The molecule has 2 amide bonds. The van der Waals surface area contributed by atoms with Crippen molar-refractivity contribution in [1.82, 2.24) is 24.7 Å². The number of carbonyl (C=O) groups excluding carboxylic acids is 2. The van der Waals surface area contributed by atoms with Gasteiger partial charge < -0.3 is 14.8 Å². The van der Waals surface area contributed by atoms with Crippen molar-refractivity contribution < 1.29 is 9.59 Å². The van der Waals surface area contributed by atoms with Crippen LogP contribution in [0.1, 0.15) is 38.4 Å². The smallest absolute Gasteiger partial charge is 0.246 e. The number of imidazole rings is 1. The van der Waals surface area contributed by atoms with E-state index in [-0.39, 0.29) is 29.8 Å². The molecule has 24 heavy (non-hydrogen) atoms. The third-order valence-corrected chi connectivity index (χ3v) is 4.56. The summed E-state index contributed by atoms with van der Waals surface area (Å²) in [6.45, 7) is 5.13. The summed E-state index contributed by atoms with van der Waals surface area (Å²) in [5, 5.41) is 3.06. The standard InChI is InChI=1S/C17H29N5O2/c1-12(2)16(23)19-13-6-8-22(9-7-13)17(24)15(20(3)4)14-10-18-11-21(14)5/h10-13,15H,6-9H2,1-5H3,(H,19,23). The number of likely N-dealkylation sites (tertiary alicyclic amines) is 1. The maximum atomic E-state index is 13.0. The molecule has 1 unspecified atom stereocenters. The molecule has 1 aromatic heterocycles. The first-order chi connectivity index (χ1) is 11.3. The number of nitrogens with one attached hydrogen (secondary N) is 1. The minimum absolute atomic E-state index is 0.00683. The lowest BCUT2D eigenvalue weighted by Crippen LogP contribution is -2.50. The molecule has 7 heteroatoms. The van der Waals surface area contributed by atoms with Crippen molar-refractivity contribution in [3.05, 3.63) is 18.2 Å². The summed E-state index contributed by atoms with van der Waals surface area (Å²) in [7, 11) is 5.72. The second-order valence-electron chi connectivity index (χ2n) is 7.06. The zero-order valence-electron chi connectivity index (χ0n) is 15.3. The maximum absolute atomic E-state index is 13.0. The Bertz CT molecular complexity index is 573. The van der Waals surface area contributed by atoms with E-state index in [1.165, 1.54) is 0 Å². The van der Waals surface area contributed by atoms with E-state index in [0.29, 0.717) is 13.1 Å². The van der Waals surface area contributed by atoms with Crippen molar-refractivity contribution in [1.29, 1.82) is 0 Å². The van der Waals surface area contributed by atoms with Gasteiger partial charge in [-0.15, -0.1) is 0 Å². The van der Waals surface area contributed by atoms with Crippen LogP contribution in [0.2, 0.25) is 0 Å². The van der Waals surface area contributed by atoms with Crippen LogP contribution in [0.4, 0.5) is 0 Å². The molecule has 1 N–H and O–H groups in total. The van der Waals surface area contributed by atoms with Crippen molar-refractivity contribution in [2.75, 3.05) is 27.2 Å². The molecule has 0 saturated carbocycles. The van der Waals surface area contributed by atoms with Gasteiger partial charge in [-0.05, 0) is 26.9 Å². The molecule has 0 aliphatic carbocycles. The molecular weight excluding hydrogens is 306 g/mol.